The van der Waals surface area contributed by atoms with Crippen LogP contribution in [0.15, 0.2) is 30.3 Å². The quantitative estimate of drug-likeness (QED) is 0.337. The Bertz CT molecular complexity index is 626. The predicted octanol–water partition coefficient (Wildman–Crippen LogP) is 6.75. The Kier molecular flexibility index (Phi) is 9.00. The molecule has 0 aliphatic carbocycles. The molecule has 25 heavy (non-hydrogen) atoms. The molecule has 0 spiro atoms. The Balaban J connectivity index is 2.12. The number of hydrogen-bond donors (Lipinski definition) is 0. The van der Waals surface area contributed by atoms with Gasteiger partial charge in [0.05, 0.1) is 0 Å². The molecule has 0 bridgehead atoms. The van der Waals surface area contributed by atoms with Crippen molar-refractivity contribution in [1.29, 1.82) is 0 Å². The van der Waals surface area contributed by atoms with Gasteiger partial charge in [0.2, 0.25) is 0 Å². The van der Waals surface area contributed by atoms with Gasteiger partial charge in [-0.3, -0.25) is 0 Å². The molecule has 2 rings (SSSR count). The van der Waals surface area contributed by atoms with Crippen LogP contribution < -0.4 is 0 Å². The van der Waals surface area contributed by atoms with Crippen molar-refractivity contribution in [3.8, 4) is 0 Å². The summed E-state index contributed by atoms with van der Waals surface area (Å²) in [7, 11) is 0. The van der Waals surface area contributed by atoms with E-state index in [1.165, 1.54) is 43.0 Å². The first-order valence-electron chi connectivity index (χ1n) is 10.2. The normalized spacial score (nSPS) is 12.4. The molecule has 1 aromatic heterocycles. The van der Waals surface area contributed by atoms with E-state index in [1.807, 2.05) is 16.8 Å². The van der Waals surface area contributed by atoms with Crippen molar-refractivity contribution in [2.45, 2.75) is 77.0 Å². The number of nitrogens with zero attached hydrogens (tertiary/aromatic N) is 3. The van der Waals surface area contributed by atoms with Gasteiger partial charge in [0, 0.05) is 0 Å². The SMILES string of the molecule is CCC[CH2][Sn]([CH2]C=Cn1nnc2ccccc21)([CH2]CCC)[CH2]CCC. The van der Waals surface area contributed by atoms with Crippen molar-refractivity contribution in [3.63, 3.8) is 0 Å². The van der Waals surface area contributed by atoms with Gasteiger partial charge in [0.15, 0.2) is 0 Å². The number of hydrogen-bond acceptors (Lipinski definition) is 2. The van der Waals surface area contributed by atoms with E-state index in [2.05, 4.69) is 55.5 Å². The minimum absolute atomic E-state index is 0.977. The van der Waals surface area contributed by atoms with Crippen LogP contribution in [-0.4, -0.2) is 33.4 Å². The Morgan fingerprint density at radius 2 is 1.52 bits per heavy atom. The van der Waals surface area contributed by atoms with E-state index in [9.17, 15) is 0 Å². The molecule has 0 fully saturated rings. The molecule has 138 valence electrons. The first kappa shape index (κ1) is 20.5. The van der Waals surface area contributed by atoms with Gasteiger partial charge in [-0.15, -0.1) is 0 Å². The molecule has 3 nitrogen and oxygen atoms in total. The number of unbranched alkanes of at least 4 members (excludes halogenated alkanes) is 3. The van der Waals surface area contributed by atoms with Crippen molar-refractivity contribution in [3.05, 3.63) is 30.3 Å². The molecule has 2 aromatic rings. The van der Waals surface area contributed by atoms with E-state index >= 15 is 0 Å². The third-order valence-corrected chi connectivity index (χ3v) is 20.6. The van der Waals surface area contributed by atoms with Crippen molar-refractivity contribution in [2.75, 3.05) is 0 Å². The van der Waals surface area contributed by atoms with Gasteiger partial charge in [-0.05, 0) is 0 Å². The second-order valence-electron chi connectivity index (χ2n) is 7.42. The summed E-state index contributed by atoms with van der Waals surface area (Å²) in [4.78, 5) is 0. The molecule has 0 aliphatic rings. The third-order valence-electron chi connectivity index (χ3n) is 5.36. The number of benzene rings is 1. The van der Waals surface area contributed by atoms with E-state index < -0.39 is 18.4 Å². The third kappa shape index (κ3) is 6.12. The van der Waals surface area contributed by atoms with Crippen LogP contribution in [0, 0.1) is 0 Å². The Labute approximate surface area is 157 Å². The fourth-order valence-corrected chi connectivity index (χ4v) is 18.8. The fraction of sp³-hybridized carbons (Fsp3) is 0.619. The first-order chi connectivity index (χ1) is 12.2. The molecule has 0 aliphatic heterocycles. The van der Waals surface area contributed by atoms with Crippen LogP contribution in [-0.2, 0) is 0 Å². The summed E-state index contributed by atoms with van der Waals surface area (Å²) in [5.74, 6) is 0. The molecule has 0 saturated carbocycles. The summed E-state index contributed by atoms with van der Waals surface area (Å²) < 4.78 is 8.00. The molecule has 0 amide bonds. The monoisotopic (exact) mass is 449 g/mol. The molecule has 0 radical (unpaired) electrons. The maximum atomic E-state index is 4.30. The van der Waals surface area contributed by atoms with Crippen LogP contribution in [0.1, 0.15) is 59.3 Å². The van der Waals surface area contributed by atoms with Gasteiger partial charge in [-0.25, -0.2) is 0 Å². The van der Waals surface area contributed by atoms with Crippen molar-refractivity contribution >= 4 is 35.6 Å². The zero-order valence-corrected chi connectivity index (χ0v) is 19.2. The average molecular weight is 448 g/mol. The summed E-state index contributed by atoms with van der Waals surface area (Å²) in [5, 5.41) is 8.57. The molecule has 0 N–H and O–H groups in total. The number of aromatic nitrogens is 3. The molecule has 0 atom stereocenters. The summed E-state index contributed by atoms with van der Waals surface area (Å²) in [5.41, 5.74) is 2.08. The van der Waals surface area contributed by atoms with Gasteiger partial charge in [-0.2, -0.15) is 0 Å². The Morgan fingerprint density at radius 1 is 0.920 bits per heavy atom. The van der Waals surface area contributed by atoms with Crippen molar-refractivity contribution < 1.29 is 0 Å². The number of para-hydroxylation sites is 1. The summed E-state index contributed by atoms with van der Waals surface area (Å²) in [6.07, 6.45) is 12.9. The number of allylic oxidation sites excluding steroid dienone is 1. The maximum absolute atomic E-state index is 4.30. The van der Waals surface area contributed by atoms with Crippen LogP contribution in [0.3, 0.4) is 0 Å². The van der Waals surface area contributed by atoms with Gasteiger partial charge in [0.1, 0.15) is 0 Å². The van der Waals surface area contributed by atoms with Gasteiger partial charge >= 0.3 is 158 Å². The second-order valence-corrected chi connectivity index (χ2v) is 21.4. The predicted molar refractivity (Wildman–Crippen MR) is 113 cm³/mol. The van der Waals surface area contributed by atoms with Gasteiger partial charge in [-0.1, -0.05) is 0 Å². The Morgan fingerprint density at radius 3 is 2.12 bits per heavy atom. The average Bonchev–Trinajstić information content (AvgIpc) is 3.06. The zero-order valence-electron chi connectivity index (χ0n) is 16.4. The molecular weight excluding hydrogens is 413 g/mol. The zero-order chi connectivity index (χ0) is 18.0. The van der Waals surface area contributed by atoms with Crippen LogP contribution in [0.25, 0.3) is 17.2 Å². The topological polar surface area (TPSA) is 30.7 Å². The van der Waals surface area contributed by atoms with Crippen molar-refractivity contribution in [1.82, 2.24) is 15.0 Å². The van der Waals surface area contributed by atoms with Crippen LogP contribution in [0.5, 0.6) is 0 Å². The Hall–Kier alpha value is -0.841. The minimum atomic E-state index is -2.07. The molecular formula is C21H35N3Sn. The first-order valence-corrected chi connectivity index (χ1v) is 18.3. The molecule has 0 unspecified atom stereocenters. The molecule has 0 saturated heterocycles. The van der Waals surface area contributed by atoms with E-state index in [4.69, 9.17) is 0 Å². The second kappa shape index (κ2) is 11.0. The van der Waals surface area contributed by atoms with Crippen molar-refractivity contribution in [2.24, 2.45) is 0 Å². The summed E-state index contributed by atoms with van der Waals surface area (Å²) >= 11 is -2.07. The van der Waals surface area contributed by atoms with E-state index in [0.29, 0.717) is 0 Å². The molecule has 1 heterocycles. The standard InChI is InChI=1S/C9H8N3.3C4H9.Sn/c1-2-7-12-9-6-4-3-5-8(9)10-11-12;3*1-3-4-2;/h2-7H,1H2;3*1,3-4H2,2H3;. The fourth-order valence-electron chi connectivity index (χ4n) is 3.74. The van der Waals surface area contributed by atoms with E-state index in [-0.39, 0.29) is 0 Å². The van der Waals surface area contributed by atoms with Crippen LogP contribution in [0.2, 0.25) is 17.7 Å². The molecule has 1 aromatic carbocycles. The van der Waals surface area contributed by atoms with E-state index in [0.717, 1.165) is 11.0 Å². The van der Waals surface area contributed by atoms with Crippen LogP contribution in [0.4, 0.5) is 0 Å². The number of fused-ring (bicyclic) bond motifs is 1. The van der Waals surface area contributed by atoms with Gasteiger partial charge in [0.25, 0.3) is 0 Å². The van der Waals surface area contributed by atoms with Gasteiger partial charge < -0.3 is 0 Å². The summed E-state index contributed by atoms with van der Waals surface area (Å²) in [6, 6.07) is 8.21. The number of rotatable bonds is 12. The summed E-state index contributed by atoms with van der Waals surface area (Å²) in [6.45, 7) is 7.02. The molecule has 4 heteroatoms. The van der Waals surface area contributed by atoms with E-state index in [1.54, 1.807) is 13.3 Å². The van der Waals surface area contributed by atoms with Crippen LogP contribution >= 0.6 is 0 Å².